The van der Waals surface area contributed by atoms with Crippen molar-refractivity contribution in [3.8, 4) is 0 Å². The second kappa shape index (κ2) is 4.28. The molecular formula is C9H8ClN5O. The maximum absolute atomic E-state index is 11.6. The average Bonchev–Trinajstić information content (AvgIpc) is 2.65. The number of halogens is 1. The van der Waals surface area contributed by atoms with Crippen molar-refractivity contribution in [2.24, 2.45) is 7.05 Å². The molecule has 0 aliphatic rings. The molecule has 1 amide bonds. The molecule has 1 N–H and O–H groups in total. The van der Waals surface area contributed by atoms with Gasteiger partial charge in [0, 0.05) is 19.4 Å². The van der Waals surface area contributed by atoms with Gasteiger partial charge in [0.15, 0.2) is 0 Å². The van der Waals surface area contributed by atoms with Gasteiger partial charge in [0.1, 0.15) is 11.5 Å². The molecular weight excluding hydrogens is 230 g/mol. The summed E-state index contributed by atoms with van der Waals surface area (Å²) in [5.74, 6) is 0.00557. The van der Waals surface area contributed by atoms with E-state index in [2.05, 4.69) is 20.3 Å². The SMILES string of the molecule is Cn1cnc(C(=O)Nc2ccnc(Cl)n2)c1. The number of nitrogens with one attached hydrogen (secondary N) is 1. The molecule has 0 radical (unpaired) electrons. The van der Waals surface area contributed by atoms with Gasteiger partial charge in [-0.25, -0.2) is 15.0 Å². The summed E-state index contributed by atoms with van der Waals surface area (Å²) in [7, 11) is 1.78. The number of amides is 1. The summed E-state index contributed by atoms with van der Waals surface area (Å²) in [6.45, 7) is 0. The van der Waals surface area contributed by atoms with Crippen molar-refractivity contribution in [2.75, 3.05) is 5.32 Å². The molecule has 0 bridgehead atoms. The Balaban J connectivity index is 2.13. The second-order valence-corrected chi connectivity index (χ2v) is 3.43. The highest BCUT2D eigenvalue weighted by Gasteiger charge is 2.09. The lowest BCUT2D eigenvalue weighted by Crippen LogP contribution is -2.13. The van der Waals surface area contributed by atoms with Crippen LogP contribution in [-0.4, -0.2) is 25.4 Å². The number of hydrogen-bond donors (Lipinski definition) is 1. The highest BCUT2D eigenvalue weighted by molar-refractivity contribution is 6.28. The van der Waals surface area contributed by atoms with Crippen LogP contribution in [0.15, 0.2) is 24.8 Å². The first-order chi connectivity index (χ1) is 7.65. The smallest absolute Gasteiger partial charge is 0.277 e. The Kier molecular flexibility index (Phi) is 2.82. The molecule has 2 heterocycles. The number of imidazole rings is 1. The van der Waals surface area contributed by atoms with Crippen molar-refractivity contribution < 1.29 is 4.79 Å². The summed E-state index contributed by atoms with van der Waals surface area (Å²) in [4.78, 5) is 23.1. The topological polar surface area (TPSA) is 72.7 Å². The van der Waals surface area contributed by atoms with Gasteiger partial charge < -0.3 is 9.88 Å². The molecule has 2 rings (SSSR count). The molecule has 7 heteroatoms. The standard InChI is InChI=1S/C9H8ClN5O/c1-15-4-6(12-5-15)8(16)13-7-2-3-11-9(10)14-7/h2-5H,1H3,(H,11,13,14,16). The van der Waals surface area contributed by atoms with Gasteiger partial charge >= 0.3 is 0 Å². The molecule has 0 saturated carbocycles. The number of rotatable bonds is 2. The minimum atomic E-state index is -0.338. The highest BCUT2D eigenvalue weighted by Crippen LogP contribution is 2.07. The zero-order chi connectivity index (χ0) is 11.5. The summed E-state index contributed by atoms with van der Waals surface area (Å²) in [5, 5.41) is 2.64. The molecule has 0 spiro atoms. The van der Waals surface area contributed by atoms with Gasteiger partial charge in [0.05, 0.1) is 6.33 Å². The average molecular weight is 238 g/mol. The number of carbonyl (C=O) groups excluding carboxylic acids is 1. The number of aromatic nitrogens is 4. The van der Waals surface area contributed by atoms with Crippen LogP contribution in [0, 0.1) is 0 Å². The lowest BCUT2D eigenvalue weighted by Gasteiger charge is -2.01. The van der Waals surface area contributed by atoms with Crippen LogP contribution in [-0.2, 0) is 7.05 Å². The zero-order valence-corrected chi connectivity index (χ0v) is 9.14. The van der Waals surface area contributed by atoms with Gasteiger partial charge in [-0.2, -0.15) is 0 Å². The monoisotopic (exact) mass is 237 g/mol. The van der Waals surface area contributed by atoms with E-state index in [1.807, 2.05) is 0 Å². The van der Waals surface area contributed by atoms with Crippen molar-refractivity contribution in [1.29, 1.82) is 0 Å². The predicted molar refractivity (Wildman–Crippen MR) is 58.2 cm³/mol. The van der Waals surface area contributed by atoms with E-state index in [-0.39, 0.29) is 11.2 Å². The van der Waals surface area contributed by atoms with E-state index in [0.29, 0.717) is 11.5 Å². The van der Waals surface area contributed by atoms with Gasteiger partial charge in [0.25, 0.3) is 5.91 Å². The molecule has 0 unspecified atom stereocenters. The van der Waals surface area contributed by atoms with Gasteiger partial charge in [-0.05, 0) is 17.7 Å². The minimum Gasteiger partial charge on any atom is -0.340 e. The predicted octanol–water partition coefficient (Wildman–Crippen LogP) is 1.12. The van der Waals surface area contributed by atoms with E-state index < -0.39 is 0 Å². The Hall–Kier alpha value is -1.95. The molecule has 16 heavy (non-hydrogen) atoms. The van der Waals surface area contributed by atoms with Gasteiger partial charge in [-0.15, -0.1) is 0 Å². The molecule has 0 aliphatic heterocycles. The van der Waals surface area contributed by atoms with Gasteiger partial charge in [-0.3, -0.25) is 4.79 Å². The number of aryl methyl sites for hydroxylation is 1. The Morgan fingerprint density at radius 1 is 1.50 bits per heavy atom. The molecule has 0 saturated heterocycles. The maximum Gasteiger partial charge on any atom is 0.277 e. The summed E-state index contributed by atoms with van der Waals surface area (Å²) < 4.78 is 1.68. The first kappa shape index (κ1) is 10.6. The largest absolute Gasteiger partial charge is 0.340 e. The Labute approximate surface area is 96.3 Å². The van der Waals surface area contributed by atoms with Crippen molar-refractivity contribution in [1.82, 2.24) is 19.5 Å². The van der Waals surface area contributed by atoms with Crippen LogP contribution >= 0.6 is 11.6 Å². The van der Waals surface area contributed by atoms with Crippen LogP contribution in [0.4, 0.5) is 5.82 Å². The molecule has 6 nitrogen and oxygen atoms in total. The van der Waals surface area contributed by atoms with E-state index in [0.717, 1.165) is 0 Å². The second-order valence-electron chi connectivity index (χ2n) is 3.09. The van der Waals surface area contributed by atoms with E-state index >= 15 is 0 Å². The van der Waals surface area contributed by atoms with Crippen LogP contribution in [0.2, 0.25) is 5.28 Å². The lowest BCUT2D eigenvalue weighted by atomic mass is 10.4. The Morgan fingerprint density at radius 3 is 2.94 bits per heavy atom. The number of nitrogens with zero attached hydrogens (tertiary/aromatic N) is 4. The third-order valence-corrected chi connectivity index (χ3v) is 1.99. The number of carbonyl (C=O) groups is 1. The van der Waals surface area contributed by atoms with Crippen LogP contribution < -0.4 is 5.32 Å². The maximum atomic E-state index is 11.6. The van der Waals surface area contributed by atoms with Gasteiger partial charge in [-0.1, -0.05) is 0 Å². The highest BCUT2D eigenvalue weighted by atomic mass is 35.5. The fraction of sp³-hybridized carbons (Fsp3) is 0.111. The summed E-state index contributed by atoms with van der Waals surface area (Å²) >= 11 is 5.59. The Bertz CT molecular complexity index is 524. The van der Waals surface area contributed by atoms with Crippen molar-refractivity contribution in [3.63, 3.8) is 0 Å². The van der Waals surface area contributed by atoms with Crippen LogP contribution in [0.5, 0.6) is 0 Å². The van der Waals surface area contributed by atoms with E-state index in [9.17, 15) is 4.79 Å². The molecule has 0 atom stereocenters. The molecule has 0 aliphatic carbocycles. The summed E-state index contributed by atoms with van der Waals surface area (Å²) in [5.41, 5.74) is 0.317. The van der Waals surface area contributed by atoms with Crippen LogP contribution in [0.3, 0.4) is 0 Å². The normalized spacial score (nSPS) is 10.1. The molecule has 0 fully saturated rings. The quantitative estimate of drug-likeness (QED) is 0.795. The van der Waals surface area contributed by atoms with Gasteiger partial charge in [0.2, 0.25) is 5.28 Å². The molecule has 82 valence electrons. The first-order valence-electron chi connectivity index (χ1n) is 4.43. The summed E-state index contributed by atoms with van der Waals surface area (Å²) in [6, 6.07) is 1.55. The van der Waals surface area contributed by atoms with Crippen molar-refractivity contribution in [3.05, 3.63) is 35.8 Å². The number of hydrogen-bond acceptors (Lipinski definition) is 4. The molecule has 2 aromatic heterocycles. The lowest BCUT2D eigenvalue weighted by molar-refractivity contribution is 0.102. The third kappa shape index (κ3) is 2.34. The zero-order valence-electron chi connectivity index (χ0n) is 8.38. The Morgan fingerprint density at radius 2 is 2.31 bits per heavy atom. The third-order valence-electron chi connectivity index (χ3n) is 1.81. The molecule has 2 aromatic rings. The molecule has 0 aromatic carbocycles. The first-order valence-corrected chi connectivity index (χ1v) is 4.81. The van der Waals surface area contributed by atoms with E-state index in [1.165, 1.54) is 6.20 Å². The van der Waals surface area contributed by atoms with Crippen LogP contribution in [0.25, 0.3) is 0 Å². The van der Waals surface area contributed by atoms with Crippen molar-refractivity contribution >= 4 is 23.3 Å². The number of anilines is 1. The summed E-state index contributed by atoms with van der Waals surface area (Å²) in [6.07, 6.45) is 4.61. The van der Waals surface area contributed by atoms with Crippen molar-refractivity contribution in [2.45, 2.75) is 0 Å². The fourth-order valence-corrected chi connectivity index (χ4v) is 1.26. The van der Waals surface area contributed by atoms with Crippen LogP contribution in [0.1, 0.15) is 10.5 Å². The fourth-order valence-electron chi connectivity index (χ4n) is 1.11. The van der Waals surface area contributed by atoms with E-state index in [1.54, 1.807) is 30.2 Å². The minimum absolute atomic E-state index is 0.0822. The van der Waals surface area contributed by atoms with E-state index in [4.69, 9.17) is 11.6 Å².